The van der Waals surface area contributed by atoms with Crippen LogP contribution in [0.25, 0.3) is 0 Å². The smallest absolute Gasteiger partial charge is 0.283 e. The number of methoxy groups -OCH3 is 1. The molecule has 7 heteroatoms. The average Bonchev–Trinajstić information content (AvgIpc) is 2.54. The van der Waals surface area contributed by atoms with E-state index in [1.807, 2.05) is 4.90 Å². The number of thiocarbonyl (C=S) groups is 1. The summed E-state index contributed by atoms with van der Waals surface area (Å²) in [5.41, 5.74) is 5.92. The van der Waals surface area contributed by atoms with E-state index >= 15 is 0 Å². The second-order valence-corrected chi connectivity index (χ2v) is 5.54. The van der Waals surface area contributed by atoms with Gasteiger partial charge in [-0.1, -0.05) is 18.3 Å². The molecule has 0 aliphatic carbocycles. The number of benzene rings is 1. The summed E-state index contributed by atoms with van der Waals surface area (Å²) in [6, 6.07) is 7.07. The third-order valence-electron chi connectivity index (χ3n) is 3.71. The lowest BCUT2D eigenvalue weighted by atomic mass is 9.96. The van der Waals surface area contributed by atoms with Gasteiger partial charge in [0, 0.05) is 30.8 Å². The lowest BCUT2D eigenvalue weighted by Gasteiger charge is -2.31. The van der Waals surface area contributed by atoms with Gasteiger partial charge in [0.25, 0.3) is 5.91 Å². The molecule has 0 bridgehead atoms. The molecule has 1 aliphatic rings. The highest BCUT2D eigenvalue weighted by molar-refractivity contribution is 7.82. The van der Waals surface area contributed by atoms with Gasteiger partial charge in [-0.25, -0.2) is 0 Å². The summed E-state index contributed by atoms with van der Waals surface area (Å²) >= 11 is 5.23. The van der Waals surface area contributed by atoms with Crippen molar-refractivity contribution in [2.45, 2.75) is 12.8 Å². The summed E-state index contributed by atoms with van der Waals surface area (Å²) in [5, 5.41) is 2.75. The molecule has 2 rings (SSSR count). The lowest BCUT2D eigenvalue weighted by molar-refractivity contribution is -0.122. The number of nitrogens with zero attached hydrogens (tertiary/aromatic N) is 1. The average molecular weight is 321 g/mol. The molecule has 1 fully saturated rings. The van der Waals surface area contributed by atoms with Crippen molar-refractivity contribution in [1.29, 1.82) is 0 Å². The highest BCUT2D eigenvalue weighted by Gasteiger charge is 2.26. The van der Waals surface area contributed by atoms with Gasteiger partial charge >= 0.3 is 0 Å². The zero-order valence-corrected chi connectivity index (χ0v) is 13.2. The van der Waals surface area contributed by atoms with Gasteiger partial charge in [0.05, 0.1) is 7.11 Å². The van der Waals surface area contributed by atoms with Crippen molar-refractivity contribution in [3.8, 4) is 5.75 Å². The fourth-order valence-electron chi connectivity index (χ4n) is 2.40. The molecule has 22 heavy (non-hydrogen) atoms. The van der Waals surface area contributed by atoms with E-state index in [4.69, 9.17) is 22.7 Å². The van der Waals surface area contributed by atoms with Crippen molar-refractivity contribution >= 4 is 34.7 Å². The zero-order valence-electron chi connectivity index (χ0n) is 12.4. The Hall–Kier alpha value is -2.15. The van der Waals surface area contributed by atoms with Gasteiger partial charge in [0.1, 0.15) is 5.75 Å². The number of anilines is 1. The van der Waals surface area contributed by atoms with E-state index in [0.717, 1.165) is 0 Å². The molecule has 0 radical (unpaired) electrons. The number of hydrogen-bond donors (Lipinski definition) is 2. The minimum absolute atomic E-state index is 0.125. The number of likely N-dealkylation sites (tertiary alicyclic amines) is 1. The van der Waals surface area contributed by atoms with E-state index in [9.17, 15) is 9.59 Å². The molecule has 0 spiro atoms. The molecule has 1 aromatic rings. The summed E-state index contributed by atoms with van der Waals surface area (Å²) < 4.78 is 5.11. The topological polar surface area (TPSA) is 84.7 Å². The van der Waals surface area contributed by atoms with Gasteiger partial charge in [0.2, 0.25) is 5.91 Å². The van der Waals surface area contributed by atoms with Crippen LogP contribution in [0.15, 0.2) is 24.3 Å². The first-order valence-corrected chi connectivity index (χ1v) is 7.45. The van der Waals surface area contributed by atoms with Crippen LogP contribution in [-0.2, 0) is 9.59 Å². The monoisotopic (exact) mass is 321 g/mol. The van der Waals surface area contributed by atoms with Crippen LogP contribution in [0.1, 0.15) is 12.8 Å². The summed E-state index contributed by atoms with van der Waals surface area (Å²) in [4.78, 5) is 25.4. The second kappa shape index (κ2) is 7.22. The van der Waals surface area contributed by atoms with Gasteiger partial charge in [0.15, 0.2) is 4.99 Å². The predicted molar refractivity (Wildman–Crippen MR) is 87.7 cm³/mol. The molecule has 1 aromatic carbocycles. The van der Waals surface area contributed by atoms with Crippen molar-refractivity contribution in [3.63, 3.8) is 0 Å². The fourth-order valence-corrected chi connectivity index (χ4v) is 2.63. The number of nitrogens with two attached hydrogens (primary N) is 1. The normalized spacial score (nSPS) is 15.2. The quantitative estimate of drug-likeness (QED) is 0.816. The van der Waals surface area contributed by atoms with Crippen LogP contribution < -0.4 is 15.8 Å². The van der Waals surface area contributed by atoms with Crippen molar-refractivity contribution in [2.24, 2.45) is 11.7 Å². The molecule has 0 atom stereocenters. The summed E-state index contributed by atoms with van der Waals surface area (Å²) in [5.74, 6) is -0.0846. The zero-order chi connectivity index (χ0) is 16.1. The summed E-state index contributed by atoms with van der Waals surface area (Å²) in [6.07, 6.45) is 1.25. The molecule has 6 nitrogen and oxygen atoms in total. The van der Waals surface area contributed by atoms with Crippen molar-refractivity contribution in [3.05, 3.63) is 24.3 Å². The van der Waals surface area contributed by atoms with Crippen LogP contribution in [-0.4, -0.2) is 41.9 Å². The third kappa shape index (κ3) is 3.94. The minimum Gasteiger partial charge on any atom is -0.497 e. The molecule has 118 valence electrons. The van der Waals surface area contributed by atoms with E-state index in [2.05, 4.69) is 5.32 Å². The number of piperidine rings is 1. The molecule has 2 amide bonds. The Morgan fingerprint density at radius 1 is 1.36 bits per heavy atom. The van der Waals surface area contributed by atoms with Crippen LogP contribution in [0.4, 0.5) is 5.69 Å². The summed E-state index contributed by atoms with van der Waals surface area (Å²) in [6.45, 7) is 1.13. The van der Waals surface area contributed by atoms with Gasteiger partial charge in [-0.05, 0) is 25.0 Å². The maximum Gasteiger partial charge on any atom is 0.283 e. The van der Waals surface area contributed by atoms with Gasteiger partial charge < -0.3 is 20.7 Å². The highest BCUT2D eigenvalue weighted by atomic mass is 32.1. The van der Waals surface area contributed by atoms with Crippen LogP contribution in [0, 0.1) is 5.92 Å². The number of carbonyl (C=O) groups is 2. The molecule has 0 saturated carbocycles. The Morgan fingerprint density at radius 3 is 2.64 bits per heavy atom. The third-order valence-corrected chi connectivity index (χ3v) is 4.15. The number of ether oxygens (including phenoxy) is 1. The van der Waals surface area contributed by atoms with Crippen LogP contribution in [0.2, 0.25) is 0 Å². The lowest BCUT2D eigenvalue weighted by Crippen LogP contribution is -2.45. The Labute approximate surface area is 134 Å². The first kappa shape index (κ1) is 16.2. The number of nitrogens with one attached hydrogen (secondary N) is 1. The molecule has 0 aromatic heterocycles. The van der Waals surface area contributed by atoms with Crippen molar-refractivity contribution in [1.82, 2.24) is 4.90 Å². The number of carbonyl (C=O) groups excluding carboxylic acids is 2. The van der Waals surface area contributed by atoms with E-state index in [0.29, 0.717) is 37.4 Å². The van der Waals surface area contributed by atoms with Crippen molar-refractivity contribution in [2.75, 3.05) is 25.5 Å². The largest absolute Gasteiger partial charge is 0.497 e. The van der Waals surface area contributed by atoms with Crippen molar-refractivity contribution < 1.29 is 14.3 Å². The SMILES string of the molecule is COc1cccc(NC(=O)C(=S)N2CCC(C(N)=O)CC2)c1. The van der Waals surface area contributed by atoms with Crippen LogP contribution in [0.5, 0.6) is 5.75 Å². The Bertz CT molecular complexity index is 583. The number of amides is 2. The molecular weight excluding hydrogens is 302 g/mol. The molecule has 1 saturated heterocycles. The fraction of sp³-hybridized carbons (Fsp3) is 0.400. The molecule has 3 N–H and O–H groups in total. The standard InChI is InChI=1S/C15H19N3O3S/c1-21-12-4-2-3-11(9-12)17-14(20)15(22)18-7-5-10(6-8-18)13(16)19/h2-4,9-10H,5-8H2,1H3,(H2,16,19)(H,17,20). The van der Waals surface area contributed by atoms with Gasteiger partial charge in [-0.3, -0.25) is 9.59 Å². The van der Waals surface area contributed by atoms with E-state index < -0.39 is 0 Å². The number of hydrogen-bond acceptors (Lipinski definition) is 4. The predicted octanol–water partition coefficient (Wildman–Crippen LogP) is 1.16. The summed E-state index contributed by atoms with van der Waals surface area (Å²) in [7, 11) is 1.56. The van der Waals surface area contributed by atoms with Gasteiger partial charge in [-0.2, -0.15) is 0 Å². The van der Waals surface area contributed by atoms with E-state index in [-0.39, 0.29) is 22.7 Å². The number of primary amides is 1. The maximum absolute atomic E-state index is 12.2. The Kier molecular flexibility index (Phi) is 5.32. The second-order valence-electron chi connectivity index (χ2n) is 5.15. The van der Waals surface area contributed by atoms with E-state index in [1.165, 1.54) is 0 Å². The first-order chi connectivity index (χ1) is 10.5. The van der Waals surface area contributed by atoms with Crippen LogP contribution >= 0.6 is 12.2 Å². The van der Waals surface area contributed by atoms with E-state index in [1.54, 1.807) is 31.4 Å². The molecule has 0 unspecified atom stereocenters. The van der Waals surface area contributed by atoms with Crippen LogP contribution in [0.3, 0.4) is 0 Å². The molecule has 1 heterocycles. The van der Waals surface area contributed by atoms with Gasteiger partial charge in [-0.15, -0.1) is 0 Å². The Balaban J connectivity index is 1.92. The highest BCUT2D eigenvalue weighted by Crippen LogP contribution is 2.19. The molecular formula is C15H19N3O3S. The Morgan fingerprint density at radius 2 is 2.05 bits per heavy atom. The molecule has 1 aliphatic heterocycles. The maximum atomic E-state index is 12.2. The minimum atomic E-state index is -0.333. The number of rotatable bonds is 3. The first-order valence-electron chi connectivity index (χ1n) is 7.05.